The fraction of sp³-hybridized carbons (Fsp3) is 0.600. The summed E-state index contributed by atoms with van der Waals surface area (Å²) in [6.45, 7) is 4.57. The Bertz CT molecular complexity index is 342. The zero-order valence-electron chi connectivity index (χ0n) is 11.1. The molecule has 1 fully saturated rings. The molecule has 0 amide bonds. The Balaban J connectivity index is 1.86. The average molecular weight is 249 g/mol. The van der Waals surface area contributed by atoms with Gasteiger partial charge in [0.05, 0.1) is 0 Å². The zero-order chi connectivity index (χ0) is 12.3. The summed E-state index contributed by atoms with van der Waals surface area (Å²) < 4.78 is 0. The first kappa shape index (κ1) is 13.0. The average Bonchev–Trinajstić information content (AvgIpc) is 3.12. The summed E-state index contributed by atoms with van der Waals surface area (Å²) in [4.78, 5) is 1.34. The van der Waals surface area contributed by atoms with Gasteiger partial charge in [0.25, 0.3) is 0 Å². The lowest BCUT2D eigenvalue weighted by atomic mass is 10.1. The SMILES string of the molecule is CSc1ccc(C(C)NC(C)CC2CC2)cc1. The van der Waals surface area contributed by atoms with E-state index < -0.39 is 0 Å². The second kappa shape index (κ2) is 5.92. The minimum absolute atomic E-state index is 0.458. The third-order valence-corrected chi connectivity index (χ3v) is 4.28. The van der Waals surface area contributed by atoms with Crippen molar-refractivity contribution in [1.29, 1.82) is 0 Å². The van der Waals surface area contributed by atoms with Gasteiger partial charge in [-0.15, -0.1) is 11.8 Å². The smallest absolute Gasteiger partial charge is 0.0294 e. The van der Waals surface area contributed by atoms with Crippen molar-refractivity contribution in [2.24, 2.45) is 5.92 Å². The van der Waals surface area contributed by atoms with Gasteiger partial charge in [0.1, 0.15) is 0 Å². The summed E-state index contributed by atoms with van der Waals surface area (Å²) in [6, 6.07) is 10.0. The summed E-state index contributed by atoms with van der Waals surface area (Å²) in [5, 5.41) is 3.70. The molecule has 0 spiro atoms. The van der Waals surface area contributed by atoms with Gasteiger partial charge in [0.2, 0.25) is 0 Å². The lowest BCUT2D eigenvalue weighted by molar-refractivity contribution is 0.438. The van der Waals surface area contributed by atoms with E-state index in [9.17, 15) is 0 Å². The van der Waals surface area contributed by atoms with Crippen LogP contribution < -0.4 is 5.32 Å². The number of hydrogen-bond acceptors (Lipinski definition) is 2. The van der Waals surface area contributed by atoms with Crippen LogP contribution in [0, 0.1) is 5.92 Å². The van der Waals surface area contributed by atoms with Crippen LogP contribution in [-0.4, -0.2) is 12.3 Å². The normalized spacial score (nSPS) is 19.0. The van der Waals surface area contributed by atoms with E-state index in [0.717, 1.165) is 5.92 Å². The quantitative estimate of drug-likeness (QED) is 0.757. The van der Waals surface area contributed by atoms with E-state index in [-0.39, 0.29) is 0 Å². The van der Waals surface area contributed by atoms with Crippen molar-refractivity contribution in [2.75, 3.05) is 6.26 Å². The molecule has 1 saturated carbocycles. The van der Waals surface area contributed by atoms with E-state index in [4.69, 9.17) is 0 Å². The Labute approximate surface area is 109 Å². The summed E-state index contributed by atoms with van der Waals surface area (Å²) in [5.41, 5.74) is 1.39. The predicted molar refractivity (Wildman–Crippen MR) is 76.6 cm³/mol. The highest BCUT2D eigenvalue weighted by Gasteiger charge is 2.24. The Morgan fingerprint density at radius 1 is 1.24 bits per heavy atom. The zero-order valence-corrected chi connectivity index (χ0v) is 11.9. The summed E-state index contributed by atoms with van der Waals surface area (Å²) in [5.74, 6) is 1.00. The number of rotatable bonds is 6. The van der Waals surface area contributed by atoms with Crippen molar-refractivity contribution in [1.82, 2.24) is 5.32 Å². The molecule has 0 heterocycles. The van der Waals surface area contributed by atoms with Crippen molar-refractivity contribution < 1.29 is 0 Å². The maximum Gasteiger partial charge on any atom is 0.0294 e. The van der Waals surface area contributed by atoms with Crippen molar-refractivity contribution in [2.45, 2.75) is 50.1 Å². The Kier molecular flexibility index (Phi) is 4.52. The second-order valence-electron chi connectivity index (χ2n) is 5.24. The molecule has 1 aliphatic rings. The van der Waals surface area contributed by atoms with E-state index >= 15 is 0 Å². The minimum Gasteiger partial charge on any atom is -0.308 e. The monoisotopic (exact) mass is 249 g/mol. The molecule has 0 radical (unpaired) electrons. The van der Waals surface area contributed by atoms with Crippen LogP contribution in [0.1, 0.15) is 44.7 Å². The molecule has 1 aromatic carbocycles. The lowest BCUT2D eigenvalue weighted by Crippen LogP contribution is -2.29. The van der Waals surface area contributed by atoms with Crippen LogP contribution in [0.3, 0.4) is 0 Å². The molecule has 0 bridgehead atoms. The highest BCUT2D eigenvalue weighted by Crippen LogP contribution is 2.33. The Morgan fingerprint density at radius 3 is 2.41 bits per heavy atom. The maximum atomic E-state index is 3.70. The third-order valence-electron chi connectivity index (χ3n) is 3.53. The molecular formula is C15H23NS. The van der Waals surface area contributed by atoms with Crippen LogP contribution >= 0.6 is 11.8 Å². The van der Waals surface area contributed by atoms with Gasteiger partial charge >= 0.3 is 0 Å². The molecule has 0 aliphatic heterocycles. The van der Waals surface area contributed by atoms with Crippen LogP contribution in [0.5, 0.6) is 0 Å². The lowest BCUT2D eigenvalue weighted by Gasteiger charge is -2.20. The first-order valence-electron chi connectivity index (χ1n) is 6.59. The molecule has 0 saturated heterocycles. The van der Waals surface area contributed by atoms with E-state index in [1.165, 1.54) is 29.7 Å². The third kappa shape index (κ3) is 4.04. The molecule has 1 N–H and O–H groups in total. The van der Waals surface area contributed by atoms with Gasteiger partial charge in [-0.25, -0.2) is 0 Å². The first-order valence-corrected chi connectivity index (χ1v) is 7.81. The van der Waals surface area contributed by atoms with Gasteiger partial charge in [-0.1, -0.05) is 25.0 Å². The topological polar surface area (TPSA) is 12.0 Å². The van der Waals surface area contributed by atoms with E-state index in [1.807, 2.05) is 0 Å². The maximum absolute atomic E-state index is 3.70. The molecule has 1 aromatic rings. The fourth-order valence-corrected chi connectivity index (χ4v) is 2.75. The molecule has 1 aliphatic carbocycles. The molecule has 2 atom stereocenters. The fourth-order valence-electron chi connectivity index (χ4n) is 2.34. The predicted octanol–water partition coefficient (Wildman–Crippen LogP) is 4.25. The van der Waals surface area contributed by atoms with Crippen molar-refractivity contribution in [3.63, 3.8) is 0 Å². The van der Waals surface area contributed by atoms with Crippen molar-refractivity contribution >= 4 is 11.8 Å². The summed E-state index contributed by atoms with van der Waals surface area (Å²) in [7, 11) is 0. The standard InChI is InChI=1S/C15H23NS/c1-11(10-13-4-5-13)16-12(2)14-6-8-15(17-3)9-7-14/h6-9,11-13,16H,4-5,10H2,1-3H3. The van der Waals surface area contributed by atoms with Crippen molar-refractivity contribution in [3.8, 4) is 0 Å². The second-order valence-corrected chi connectivity index (χ2v) is 6.12. The number of benzene rings is 1. The summed E-state index contributed by atoms with van der Waals surface area (Å²) >= 11 is 1.80. The van der Waals surface area contributed by atoms with Gasteiger partial charge < -0.3 is 5.32 Å². The van der Waals surface area contributed by atoms with Gasteiger partial charge in [-0.2, -0.15) is 0 Å². The van der Waals surface area contributed by atoms with E-state index in [1.54, 1.807) is 11.8 Å². The van der Waals surface area contributed by atoms with Crippen molar-refractivity contribution in [3.05, 3.63) is 29.8 Å². The van der Waals surface area contributed by atoms with Gasteiger partial charge in [-0.3, -0.25) is 0 Å². The first-order chi connectivity index (χ1) is 8.19. The molecule has 2 unspecified atom stereocenters. The van der Waals surface area contributed by atoms with Crippen LogP contribution in [-0.2, 0) is 0 Å². The Hall–Kier alpha value is -0.470. The number of nitrogens with one attached hydrogen (secondary N) is 1. The molecular weight excluding hydrogens is 226 g/mol. The largest absolute Gasteiger partial charge is 0.308 e. The summed E-state index contributed by atoms with van der Waals surface area (Å²) in [6.07, 6.45) is 6.35. The van der Waals surface area contributed by atoms with Crippen LogP contribution in [0.2, 0.25) is 0 Å². The van der Waals surface area contributed by atoms with Gasteiger partial charge in [0.15, 0.2) is 0 Å². The van der Waals surface area contributed by atoms with Gasteiger partial charge in [-0.05, 0) is 50.1 Å². The minimum atomic E-state index is 0.458. The molecule has 94 valence electrons. The van der Waals surface area contributed by atoms with E-state index in [0.29, 0.717) is 12.1 Å². The number of hydrogen-bond donors (Lipinski definition) is 1. The Morgan fingerprint density at radius 2 is 1.88 bits per heavy atom. The van der Waals surface area contributed by atoms with Crippen LogP contribution in [0.25, 0.3) is 0 Å². The van der Waals surface area contributed by atoms with Crippen LogP contribution in [0.4, 0.5) is 0 Å². The number of thioether (sulfide) groups is 1. The molecule has 2 heteroatoms. The molecule has 0 aromatic heterocycles. The van der Waals surface area contributed by atoms with Crippen LogP contribution in [0.15, 0.2) is 29.2 Å². The highest BCUT2D eigenvalue weighted by atomic mass is 32.2. The van der Waals surface area contributed by atoms with E-state index in [2.05, 4.69) is 49.7 Å². The molecule has 17 heavy (non-hydrogen) atoms. The van der Waals surface area contributed by atoms with Gasteiger partial charge in [0, 0.05) is 17.0 Å². The highest BCUT2D eigenvalue weighted by molar-refractivity contribution is 7.98. The molecule has 1 nitrogen and oxygen atoms in total. The molecule has 2 rings (SSSR count).